The molecule has 0 atom stereocenters. The fraction of sp³-hybridized carbons (Fsp3) is 0.158. The van der Waals surface area contributed by atoms with Crippen molar-refractivity contribution in [2.45, 2.75) is 24.5 Å². The van der Waals surface area contributed by atoms with Crippen molar-refractivity contribution in [3.8, 4) is 5.75 Å². The molecule has 6 aromatic rings. The molecular weight excluding hydrogens is 1210 g/mol. The number of hydrogen-bond donors (Lipinski definition) is 8. The lowest BCUT2D eigenvalue weighted by Gasteiger charge is -2.14. The Morgan fingerprint density at radius 3 is 1.57 bits per heavy atom. The summed E-state index contributed by atoms with van der Waals surface area (Å²) in [6, 6.07) is 13.5. The van der Waals surface area contributed by atoms with Gasteiger partial charge in [0, 0.05) is 19.3 Å². The fourth-order valence-electron chi connectivity index (χ4n) is 5.92. The minimum Gasteiger partial charge on any atom is -0.505 e. The van der Waals surface area contributed by atoms with E-state index in [9.17, 15) is 73.5 Å². The molecule has 0 fully saturated rings. The van der Waals surface area contributed by atoms with Crippen molar-refractivity contribution < 1.29 is 106 Å². The van der Waals surface area contributed by atoms with E-state index >= 15 is 0 Å². The molecule has 0 aliphatic heterocycles. The van der Waals surface area contributed by atoms with E-state index < -0.39 is 135 Å². The van der Waals surface area contributed by atoms with Gasteiger partial charge in [-0.3, -0.25) is 22.6 Å². The first-order valence-electron chi connectivity index (χ1n) is 20.3. The van der Waals surface area contributed by atoms with Crippen LogP contribution in [0.25, 0.3) is 10.8 Å². The smallest absolute Gasteiger partial charge is 0.397 e. The second-order valence-corrected chi connectivity index (χ2v) is 24.3. The number of nitrogen functional groups attached to an aromatic ring is 1. The SMILES string of the molecule is CF.CNc1cc(N=Nc2c(SOOO)cc3cc(S(=O)(=O)O)c(N=Nc4ccc(S(=O)(=O)CCOS(=O)(=O)O)cc4)c(N)c3c2O)c(S(=O)(=O)O)cc1N=Nc1ccc(S(=O)(=O)CCOS(=O)(=O)O)cc1.Fc1ccncn1. The van der Waals surface area contributed by atoms with E-state index in [4.69, 9.17) is 20.1 Å². The molecule has 41 heteroatoms. The molecule has 0 spiro atoms. The molecule has 6 rings (SSSR count). The molecule has 5 aromatic carbocycles. The summed E-state index contributed by atoms with van der Waals surface area (Å²) in [6.45, 7) is -1.80. The third kappa shape index (κ3) is 18.9. The monoisotopic (exact) mass is 1250 g/mol. The van der Waals surface area contributed by atoms with Gasteiger partial charge in [0.15, 0.2) is 25.4 Å². The summed E-state index contributed by atoms with van der Waals surface area (Å²) in [7, 11) is -26.6. The minimum absolute atomic E-state index is 0.0134. The number of aromatic hydroxyl groups is 1. The number of anilines is 2. The number of hydrogen-bond acceptors (Lipinski definition) is 29. The topological polar surface area (TPSA) is 501 Å². The summed E-state index contributed by atoms with van der Waals surface area (Å²) in [5.74, 6) is -3.13. The summed E-state index contributed by atoms with van der Waals surface area (Å²) in [5.41, 5.74) is 3.18. The van der Waals surface area contributed by atoms with Crippen LogP contribution >= 0.6 is 12.0 Å². The van der Waals surface area contributed by atoms with Crippen molar-refractivity contribution in [2.75, 3.05) is 50.0 Å². The van der Waals surface area contributed by atoms with Crippen molar-refractivity contribution >= 4 is 129 Å². The van der Waals surface area contributed by atoms with E-state index in [0.717, 1.165) is 67.0 Å². The second kappa shape index (κ2) is 27.4. The van der Waals surface area contributed by atoms with Crippen LogP contribution in [0.4, 0.5) is 54.3 Å². The predicted octanol–water partition coefficient (Wildman–Crippen LogP) is 6.72. The zero-order valence-corrected chi connectivity index (χ0v) is 45.2. The first-order chi connectivity index (χ1) is 36.8. The van der Waals surface area contributed by atoms with Crippen molar-refractivity contribution in [2.24, 2.45) is 30.7 Å². The van der Waals surface area contributed by atoms with E-state index in [0.29, 0.717) is 7.18 Å². The van der Waals surface area contributed by atoms with E-state index in [1.165, 1.54) is 31.4 Å². The molecule has 32 nitrogen and oxygen atoms in total. The van der Waals surface area contributed by atoms with Crippen LogP contribution in [-0.2, 0) is 78.4 Å². The largest absolute Gasteiger partial charge is 0.505 e. The third-order valence-electron chi connectivity index (χ3n) is 9.27. The number of fused-ring (bicyclic) bond motifs is 1. The number of azo groups is 3. The Balaban J connectivity index is 0.00000137. The second-order valence-electron chi connectivity index (χ2n) is 14.3. The normalized spacial score (nSPS) is 12.6. The molecule has 9 N–H and O–H groups in total. The number of alkyl halides is 1. The number of sulfone groups is 2. The predicted molar refractivity (Wildman–Crippen MR) is 270 cm³/mol. The number of nitrogens with one attached hydrogen (secondary N) is 1. The molecule has 0 aliphatic rings. The first-order valence-corrected chi connectivity index (χ1v) is 30.0. The molecule has 0 amide bonds. The number of aromatic nitrogens is 2. The van der Waals surface area contributed by atoms with Gasteiger partial charge < -0.3 is 16.2 Å². The van der Waals surface area contributed by atoms with Crippen molar-refractivity contribution in [3.05, 3.63) is 97.3 Å². The van der Waals surface area contributed by atoms with Gasteiger partial charge in [0.1, 0.15) is 38.9 Å². The maximum absolute atomic E-state index is 12.7. The van der Waals surface area contributed by atoms with Gasteiger partial charge in [-0.25, -0.2) is 40.4 Å². The zero-order chi connectivity index (χ0) is 59.1. The number of halogens is 2. The first kappa shape index (κ1) is 64.7. The maximum atomic E-state index is 12.7. The van der Waals surface area contributed by atoms with Crippen LogP contribution in [0.3, 0.4) is 0 Å². The number of benzene rings is 5. The van der Waals surface area contributed by atoms with Gasteiger partial charge in [0.2, 0.25) is 5.95 Å². The molecule has 0 aliphatic carbocycles. The molecule has 0 saturated carbocycles. The van der Waals surface area contributed by atoms with E-state index in [1.54, 1.807) is 0 Å². The Kier molecular flexibility index (Phi) is 22.4. The number of phenols is 1. The quantitative estimate of drug-likeness (QED) is 0.00664. The average Bonchev–Trinajstić information content (AvgIpc) is 3.45. The summed E-state index contributed by atoms with van der Waals surface area (Å²) in [5, 5.41) is 49.4. The summed E-state index contributed by atoms with van der Waals surface area (Å²) < 4.78 is 215. The third-order valence-corrected chi connectivity index (χ3v) is 16.0. The lowest BCUT2D eigenvalue weighted by atomic mass is 10.1. The summed E-state index contributed by atoms with van der Waals surface area (Å²) >= 11 is 0.135. The highest BCUT2D eigenvalue weighted by Crippen LogP contribution is 2.50. The number of nitrogens with zero attached hydrogens (tertiary/aromatic N) is 8. The van der Waals surface area contributed by atoms with Crippen LogP contribution in [0, 0.1) is 5.95 Å². The summed E-state index contributed by atoms with van der Waals surface area (Å²) in [4.78, 5) is 3.77. The molecule has 1 aromatic heterocycles. The maximum Gasteiger partial charge on any atom is 0.397 e. The lowest BCUT2D eigenvalue weighted by Crippen LogP contribution is -2.15. The van der Waals surface area contributed by atoms with Crippen LogP contribution < -0.4 is 11.1 Å². The molecule has 0 saturated heterocycles. The highest BCUT2D eigenvalue weighted by Gasteiger charge is 2.27. The lowest BCUT2D eigenvalue weighted by molar-refractivity contribution is -0.432. The van der Waals surface area contributed by atoms with Crippen LogP contribution in [-0.4, -0.2) is 128 Å². The average molecular weight is 1250 g/mol. The molecule has 0 unspecified atom stereocenters. The van der Waals surface area contributed by atoms with Crippen LogP contribution in [0.5, 0.6) is 5.75 Å². The highest BCUT2D eigenvalue weighted by molar-refractivity contribution is 7.94. The Bertz CT molecular complexity index is 3970. The Morgan fingerprint density at radius 2 is 1.14 bits per heavy atom. The van der Waals surface area contributed by atoms with E-state index in [2.05, 4.69) is 63.7 Å². The molecule has 0 radical (unpaired) electrons. The fourth-order valence-corrected chi connectivity index (χ4v) is 10.7. The van der Waals surface area contributed by atoms with Gasteiger partial charge in [0.05, 0.1) is 86.8 Å². The van der Waals surface area contributed by atoms with Crippen LogP contribution in [0.2, 0.25) is 0 Å². The number of rotatable bonds is 22. The minimum atomic E-state index is -5.22. The molecule has 0 bridgehead atoms. The van der Waals surface area contributed by atoms with Crippen molar-refractivity contribution in [1.29, 1.82) is 0 Å². The molecule has 79 heavy (non-hydrogen) atoms. The Labute approximate surface area is 450 Å². The van der Waals surface area contributed by atoms with Gasteiger partial charge in [-0.15, -0.1) is 24.8 Å². The van der Waals surface area contributed by atoms with Gasteiger partial charge >= 0.3 is 20.8 Å². The number of phenolic OH excluding ortho intramolecular Hbond substituents is 1. The van der Waals surface area contributed by atoms with E-state index in [-0.39, 0.29) is 54.9 Å². The molecule has 1 heterocycles. The van der Waals surface area contributed by atoms with Gasteiger partial charge in [-0.2, -0.15) is 48.3 Å². The van der Waals surface area contributed by atoms with Crippen molar-refractivity contribution in [1.82, 2.24) is 9.97 Å². The highest BCUT2D eigenvalue weighted by atomic mass is 32.3. The van der Waals surface area contributed by atoms with E-state index in [1.807, 2.05) is 0 Å². The van der Waals surface area contributed by atoms with Gasteiger partial charge in [0.25, 0.3) is 20.2 Å². The molecular formula is C38H38F2N10O22S7. The van der Waals surface area contributed by atoms with Gasteiger partial charge in [-0.1, -0.05) is 5.04 Å². The zero-order valence-electron chi connectivity index (χ0n) is 39.5. The van der Waals surface area contributed by atoms with Gasteiger partial charge in [-0.05, 0) is 78.2 Å². The standard InChI is InChI=1S/C33H32N8O22S7.C4H3FN2.CH3F/c1-35-23-16-25(27(67(48,49)50)17-24(23)38-36-19-2-6-21(7-3-19)65(44,45)12-10-60-69(54,55)56)39-40-31-26(64-63-62-43)14-18-15-28(68(51,52)53)32(30(34)29(18)33(31)42)41-37-20-4-8-22(9-5-20)66(46,47)13-11-61-70(57,58)59;5-4-1-2-6-3-7-4;1-2/h2-9,14-17,35,42-43H,10-13,34H2,1H3,(H,48,49,50)(H,51,52,53)(H,54,55,56)(H,57,58,59);1-3H;1H3. The molecule has 428 valence electrons. The Hall–Kier alpha value is -6.81. The van der Waals surface area contributed by atoms with Crippen LogP contribution in [0.15, 0.2) is 147 Å². The van der Waals surface area contributed by atoms with Crippen molar-refractivity contribution in [3.63, 3.8) is 0 Å². The number of nitrogens with two attached hydrogens (primary N) is 1. The Morgan fingerprint density at radius 1 is 0.646 bits per heavy atom. The summed E-state index contributed by atoms with van der Waals surface area (Å²) in [6.07, 6.45) is 2.51. The van der Waals surface area contributed by atoms with Crippen LogP contribution in [0.1, 0.15) is 0 Å².